The molecule has 1 N–H and O–H groups in total. The van der Waals surface area contributed by atoms with Crippen LogP contribution in [0.5, 0.6) is 0 Å². The zero-order valence-electron chi connectivity index (χ0n) is 19.0. The Bertz CT molecular complexity index is 596. The molecular weight excluding hydrogens is 401 g/mol. The maximum absolute atomic E-state index is 12.9. The normalized spacial score (nSPS) is 22.5. The zero-order valence-corrected chi connectivity index (χ0v) is 19.0. The van der Waals surface area contributed by atoms with Gasteiger partial charge in [-0.25, -0.2) is 0 Å². The van der Waals surface area contributed by atoms with Crippen LogP contribution in [-0.2, 0) is 19.1 Å². The lowest BCUT2D eigenvalue weighted by Crippen LogP contribution is -2.45. The van der Waals surface area contributed by atoms with Crippen LogP contribution in [0, 0.1) is 11.3 Å². The molecule has 5 nitrogen and oxygen atoms in total. The van der Waals surface area contributed by atoms with Gasteiger partial charge in [0, 0.05) is 6.42 Å². The van der Waals surface area contributed by atoms with Crippen molar-refractivity contribution in [1.82, 2.24) is 0 Å². The number of ether oxygens (including phenoxy) is 2. The number of carbonyl (C=O) groups is 2. The van der Waals surface area contributed by atoms with Crippen molar-refractivity contribution in [3.05, 3.63) is 0 Å². The molecule has 0 aromatic carbocycles. The fourth-order valence-electron chi connectivity index (χ4n) is 4.03. The van der Waals surface area contributed by atoms with E-state index in [0.29, 0.717) is 13.3 Å². The predicted molar refractivity (Wildman–Crippen MR) is 107 cm³/mol. The summed E-state index contributed by atoms with van der Waals surface area (Å²) in [6.45, 7) is 9.06. The molecule has 1 aliphatic carbocycles. The summed E-state index contributed by atoms with van der Waals surface area (Å²) in [4.78, 5) is 25.4. The van der Waals surface area contributed by atoms with Crippen molar-refractivity contribution in [1.29, 1.82) is 0 Å². The van der Waals surface area contributed by atoms with Gasteiger partial charge in [0.25, 0.3) is 0 Å². The van der Waals surface area contributed by atoms with E-state index in [-0.39, 0.29) is 12.4 Å². The number of carbonyl (C=O) groups excluding carboxylic acids is 2. The Labute approximate surface area is 177 Å². The van der Waals surface area contributed by atoms with Crippen LogP contribution in [0.1, 0.15) is 92.9 Å². The molecule has 4 atom stereocenters. The molecule has 30 heavy (non-hydrogen) atoms. The number of halogens is 3. The van der Waals surface area contributed by atoms with Crippen LogP contribution < -0.4 is 0 Å². The van der Waals surface area contributed by atoms with E-state index in [1.54, 1.807) is 20.8 Å². The van der Waals surface area contributed by atoms with Gasteiger partial charge in [-0.15, -0.1) is 0 Å². The van der Waals surface area contributed by atoms with Gasteiger partial charge in [-0.2, -0.15) is 13.2 Å². The van der Waals surface area contributed by atoms with Gasteiger partial charge < -0.3 is 14.6 Å². The van der Waals surface area contributed by atoms with Crippen molar-refractivity contribution < 1.29 is 37.3 Å². The highest BCUT2D eigenvalue weighted by Crippen LogP contribution is 2.39. The summed E-state index contributed by atoms with van der Waals surface area (Å²) in [7, 11) is 0. The van der Waals surface area contributed by atoms with E-state index in [4.69, 9.17) is 9.47 Å². The molecule has 8 heteroatoms. The van der Waals surface area contributed by atoms with Gasteiger partial charge in [0.2, 0.25) is 0 Å². The Kier molecular flexibility index (Phi) is 8.80. The molecule has 176 valence electrons. The zero-order chi connectivity index (χ0) is 23.4. The lowest BCUT2D eigenvalue weighted by Gasteiger charge is -2.34. The van der Waals surface area contributed by atoms with Crippen molar-refractivity contribution in [3.8, 4) is 0 Å². The van der Waals surface area contributed by atoms with E-state index in [9.17, 15) is 27.9 Å². The smallest absolute Gasteiger partial charge is 0.417 e. The van der Waals surface area contributed by atoms with Crippen molar-refractivity contribution in [2.24, 2.45) is 11.3 Å². The molecule has 0 aromatic rings. The molecule has 1 saturated carbocycles. The van der Waals surface area contributed by atoms with E-state index in [1.807, 2.05) is 6.92 Å². The molecule has 0 bridgehead atoms. The molecular formula is C22H37F3O5. The highest BCUT2D eigenvalue weighted by molar-refractivity contribution is 5.79. The number of rotatable bonds is 10. The molecule has 0 aliphatic heterocycles. The summed E-state index contributed by atoms with van der Waals surface area (Å²) in [6, 6.07) is 0. The second-order valence-corrected chi connectivity index (χ2v) is 9.38. The van der Waals surface area contributed by atoms with Crippen molar-refractivity contribution in [3.63, 3.8) is 0 Å². The van der Waals surface area contributed by atoms with Gasteiger partial charge in [-0.05, 0) is 65.7 Å². The first kappa shape index (κ1) is 26.7. The number of esters is 2. The molecule has 0 aromatic heterocycles. The molecule has 1 fully saturated rings. The Morgan fingerprint density at radius 2 is 1.60 bits per heavy atom. The average Bonchev–Trinajstić information content (AvgIpc) is 3.08. The van der Waals surface area contributed by atoms with E-state index >= 15 is 0 Å². The minimum atomic E-state index is -4.82. The van der Waals surface area contributed by atoms with E-state index in [0.717, 1.165) is 32.1 Å². The van der Waals surface area contributed by atoms with Crippen LogP contribution in [0.3, 0.4) is 0 Å². The Morgan fingerprint density at radius 1 is 1.07 bits per heavy atom. The summed E-state index contributed by atoms with van der Waals surface area (Å²) in [5.41, 5.74) is -4.43. The standard InChI is InChI=1S/C22H37F3O5/c1-7-19(5,18(27)29-16(4)14-20(6,28)22(23,24)25)13-15(3)17(26)30-21(8-2)11-9-10-12-21/h15-16,28H,7-14H2,1-6H3. The van der Waals surface area contributed by atoms with Gasteiger partial charge in [0.05, 0.1) is 11.3 Å². The summed E-state index contributed by atoms with van der Waals surface area (Å²) < 4.78 is 49.7. The van der Waals surface area contributed by atoms with Crippen molar-refractivity contribution in [2.45, 2.75) is 116 Å². The van der Waals surface area contributed by atoms with Crippen LogP contribution >= 0.6 is 0 Å². The Balaban J connectivity index is 2.75. The van der Waals surface area contributed by atoms with Crippen LogP contribution in [0.25, 0.3) is 0 Å². The highest BCUT2D eigenvalue weighted by Gasteiger charge is 2.51. The molecule has 0 amide bonds. The molecule has 1 rings (SSSR count). The van der Waals surface area contributed by atoms with Crippen molar-refractivity contribution >= 4 is 11.9 Å². The second-order valence-electron chi connectivity index (χ2n) is 9.38. The van der Waals surface area contributed by atoms with Gasteiger partial charge in [0.1, 0.15) is 11.7 Å². The topological polar surface area (TPSA) is 72.8 Å². The predicted octanol–water partition coefficient (Wildman–Crippen LogP) is 5.33. The Morgan fingerprint density at radius 3 is 2.03 bits per heavy atom. The van der Waals surface area contributed by atoms with E-state index in [1.165, 1.54) is 6.92 Å². The summed E-state index contributed by atoms with van der Waals surface area (Å²) in [6.07, 6.45) is -1.74. The first-order valence-electron chi connectivity index (χ1n) is 10.8. The number of hydrogen-bond acceptors (Lipinski definition) is 5. The molecule has 4 unspecified atom stereocenters. The van der Waals surface area contributed by atoms with E-state index in [2.05, 4.69) is 0 Å². The number of alkyl halides is 3. The highest BCUT2D eigenvalue weighted by atomic mass is 19.4. The molecule has 0 saturated heterocycles. The van der Waals surface area contributed by atoms with Gasteiger partial charge in [0.15, 0.2) is 5.60 Å². The van der Waals surface area contributed by atoms with Crippen LogP contribution in [0.15, 0.2) is 0 Å². The Hall–Kier alpha value is -1.31. The minimum Gasteiger partial charge on any atom is -0.462 e. The third kappa shape index (κ3) is 6.59. The van der Waals surface area contributed by atoms with Crippen LogP contribution in [0.2, 0.25) is 0 Å². The molecule has 0 spiro atoms. The van der Waals surface area contributed by atoms with Gasteiger partial charge in [-0.1, -0.05) is 20.8 Å². The summed E-state index contributed by atoms with van der Waals surface area (Å²) in [5, 5.41) is 9.62. The summed E-state index contributed by atoms with van der Waals surface area (Å²) in [5.74, 6) is -1.60. The number of aliphatic hydroxyl groups is 1. The van der Waals surface area contributed by atoms with E-state index < -0.39 is 47.2 Å². The third-order valence-electron chi connectivity index (χ3n) is 6.51. The summed E-state index contributed by atoms with van der Waals surface area (Å²) >= 11 is 0. The average molecular weight is 439 g/mol. The lowest BCUT2D eigenvalue weighted by atomic mass is 9.79. The fourth-order valence-corrected chi connectivity index (χ4v) is 4.03. The van der Waals surface area contributed by atoms with Crippen molar-refractivity contribution in [2.75, 3.05) is 0 Å². The largest absolute Gasteiger partial charge is 0.462 e. The maximum Gasteiger partial charge on any atom is 0.417 e. The third-order valence-corrected chi connectivity index (χ3v) is 6.51. The van der Waals surface area contributed by atoms with Gasteiger partial charge >= 0.3 is 18.1 Å². The first-order chi connectivity index (χ1) is 13.6. The minimum absolute atomic E-state index is 0.170. The number of hydrogen-bond donors (Lipinski definition) is 1. The lowest BCUT2D eigenvalue weighted by molar-refractivity contribution is -0.261. The van der Waals surface area contributed by atoms with Crippen LogP contribution in [-0.4, -0.2) is 40.5 Å². The molecule has 0 heterocycles. The fraction of sp³-hybridized carbons (Fsp3) is 0.909. The molecule has 0 radical (unpaired) electrons. The monoisotopic (exact) mass is 438 g/mol. The first-order valence-corrected chi connectivity index (χ1v) is 10.8. The van der Waals surface area contributed by atoms with Crippen LogP contribution in [0.4, 0.5) is 13.2 Å². The second kappa shape index (κ2) is 9.88. The molecule has 1 aliphatic rings. The SMILES string of the molecule is CCC1(OC(=O)C(C)CC(C)(CC)C(=O)OC(C)CC(C)(O)C(F)(F)F)CCCC1. The van der Waals surface area contributed by atoms with Gasteiger partial charge in [-0.3, -0.25) is 9.59 Å². The maximum atomic E-state index is 12.9. The quantitative estimate of drug-likeness (QED) is 0.467.